The van der Waals surface area contributed by atoms with E-state index in [0.717, 1.165) is 17.5 Å². The molecule has 0 bridgehead atoms. The van der Waals surface area contributed by atoms with Crippen LogP contribution in [0.4, 0.5) is 10.5 Å². The average Bonchev–Trinajstić information content (AvgIpc) is 2.83. The van der Waals surface area contributed by atoms with Crippen LogP contribution in [0, 0.1) is 0 Å². The average molecular weight is 453 g/mol. The maximum Gasteiger partial charge on any atom is 0.322 e. The number of carbonyl (C=O) groups excluding carboxylic acids is 1. The lowest BCUT2D eigenvalue weighted by Crippen LogP contribution is -2.43. The maximum absolute atomic E-state index is 13.5. The number of fused-ring (bicyclic) bond motifs is 1. The zero-order valence-electron chi connectivity index (χ0n) is 18.2. The third-order valence-electron chi connectivity index (χ3n) is 5.65. The van der Waals surface area contributed by atoms with Gasteiger partial charge in [0.2, 0.25) is 5.75 Å². The molecule has 1 N–H and O–H groups in total. The fraction of sp³-hybridized carbons (Fsp3) is 0.240. The summed E-state index contributed by atoms with van der Waals surface area (Å²) in [5.41, 5.74) is 3.91. The van der Waals surface area contributed by atoms with Crippen LogP contribution in [0.5, 0.6) is 17.2 Å². The quantitative estimate of drug-likeness (QED) is 0.551. The summed E-state index contributed by atoms with van der Waals surface area (Å²) in [7, 11) is 4.63. The van der Waals surface area contributed by atoms with E-state index in [2.05, 4.69) is 17.4 Å². The van der Waals surface area contributed by atoms with E-state index < -0.39 is 0 Å². The van der Waals surface area contributed by atoms with Crippen LogP contribution < -0.4 is 19.5 Å². The predicted molar refractivity (Wildman–Crippen MR) is 125 cm³/mol. The molecule has 1 heterocycles. The van der Waals surface area contributed by atoms with Crippen LogP contribution in [-0.2, 0) is 6.42 Å². The Morgan fingerprint density at radius 3 is 2.25 bits per heavy atom. The number of carbonyl (C=O) groups is 1. The van der Waals surface area contributed by atoms with E-state index in [1.165, 1.54) is 5.56 Å². The van der Waals surface area contributed by atoms with E-state index in [9.17, 15) is 4.79 Å². The molecule has 6 nitrogen and oxygen atoms in total. The standard InChI is InChI=1S/C25H25ClN2O4/c1-30-21-14-19(15-22(31-2)24(21)32-3)27-25(29)28-13-12-16-6-4-5-7-20(16)23(28)17-8-10-18(26)11-9-17/h4-11,14-15,23H,12-13H2,1-3H3,(H,27,29)/t23-/m0/s1. The first kappa shape index (κ1) is 21.8. The molecule has 0 saturated heterocycles. The topological polar surface area (TPSA) is 60.0 Å². The summed E-state index contributed by atoms with van der Waals surface area (Å²) in [6, 6.07) is 18.9. The van der Waals surface area contributed by atoms with Gasteiger partial charge in [-0.3, -0.25) is 0 Å². The van der Waals surface area contributed by atoms with Crippen LogP contribution in [0.1, 0.15) is 22.7 Å². The number of benzene rings is 3. The predicted octanol–water partition coefficient (Wildman–Crippen LogP) is 5.55. The van der Waals surface area contributed by atoms with Gasteiger partial charge in [-0.1, -0.05) is 48.0 Å². The van der Waals surface area contributed by atoms with E-state index in [1.807, 2.05) is 41.3 Å². The largest absolute Gasteiger partial charge is 0.493 e. The Balaban J connectivity index is 1.69. The second-order valence-electron chi connectivity index (χ2n) is 7.44. The van der Waals surface area contributed by atoms with E-state index in [4.69, 9.17) is 25.8 Å². The van der Waals surface area contributed by atoms with Crippen molar-refractivity contribution in [1.82, 2.24) is 4.90 Å². The molecule has 0 radical (unpaired) electrons. The number of methoxy groups -OCH3 is 3. The van der Waals surface area contributed by atoms with Crippen molar-refractivity contribution < 1.29 is 19.0 Å². The minimum absolute atomic E-state index is 0.214. The van der Waals surface area contributed by atoms with E-state index in [0.29, 0.717) is 34.5 Å². The van der Waals surface area contributed by atoms with Crippen molar-refractivity contribution in [1.29, 1.82) is 0 Å². The van der Waals surface area contributed by atoms with Gasteiger partial charge in [0, 0.05) is 23.7 Å². The third kappa shape index (κ3) is 4.18. The smallest absolute Gasteiger partial charge is 0.322 e. The first-order valence-electron chi connectivity index (χ1n) is 10.3. The van der Waals surface area contributed by atoms with Crippen LogP contribution in [0.25, 0.3) is 0 Å². The number of hydrogen-bond acceptors (Lipinski definition) is 4. The third-order valence-corrected chi connectivity index (χ3v) is 5.90. The lowest BCUT2D eigenvalue weighted by Gasteiger charge is -2.37. The zero-order valence-corrected chi connectivity index (χ0v) is 19.0. The lowest BCUT2D eigenvalue weighted by molar-refractivity contribution is 0.194. The van der Waals surface area contributed by atoms with E-state index in [1.54, 1.807) is 33.5 Å². The molecule has 1 atom stereocenters. The van der Waals surface area contributed by atoms with Crippen molar-refractivity contribution in [2.45, 2.75) is 12.5 Å². The minimum Gasteiger partial charge on any atom is -0.493 e. The summed E-state index contributed by atoms with van der Waals surface area (Å²) >= 11 is 6.11. The van der Waals surface area contributed by atoms with Gasteiger partial charge in [-0.25, -0.2) is 4.79 Å². The molecule has 0 unspecified atom stereocenters. The number of nitrogens with zero attached hydrogens (tertiary/aromatic N) is 1. The fourth-order valence-corrected chi connectivity index (χ4v) is 4.26. The summed E-state index contributed by atoms with van der Waals surface area (Å²) in [5, 5.41) is 3.66. The summed E-state index contributed by atoms with van der Waals surface area (Å²) in [4.78, 5) is 15.3. The summed E-state index contributed by atoms with van der Waals surface area (Å²) < 4.78 is 16.2. The Kier molecular flexibility index (Phi) is 6.42. The molecule has 1 aliphatic rings. The van der Waals surface area contributed by atoms with E-state index >= 15 is 0 Å². The number of nitrogens with one attached hydrogen (secondary N) is 1. The van der Waals surface area contributed by atoms with Crippen molar-refractivity contribution in [2.24, 2.45) is 0 Å². The van der Waals surface area contributed by atoms with Gasteiger partial charge >= 0.3 is 6.03 Å². The van der Waals surface area contributed by atoms with Gasteiger partial charge in [0.15, 0.2) is 11.5 Å². The molecule has 166 valence electrons. The Bertz CT molecular complexity index is 1090. The van der Waals surface area contributed by atoms with Crippen molar-refractivity contribution in [3.8, 4) is 17.2 Å². The Morgan fingerprint density at radius 1 is 0.969 bits per heavy atom. The van der Waals surface area contributed by atoms with Crippen LogP contribution in [0.3, 0.4) is 0 Å². The molecule has 0 aliphatic carbocycles. The van der Waals surface area contributed by atoms with Crippen molar-refractivity contribution in [3.63, 3.8) is 0 Å². The monoisotopic (exact) mass is 452 g/mol. The van der Waals surface area contributed by atoms with Crippen molar-refractivity contribution >= 4 is 23.3 Å². The van der Waals surface area contributed by atoms with Crippen LogP contribution >= 0.6 is 11.6 Å². The van der Waals surface area contributed by atoms with Gasteiger partial charge in [0.25, 0.3) is 0 Å². The Hall–Kier alpha value is -3.38. The highest BCUT2D eigenvalue weighted by Gasteiger charge is 2.32. The van der Waals surface area contributed by atoms with Gasteiger partial charge in [0.05, 0.1) is 33.1 Å². The highest BCUT2D eigenvalue weighted by molar-refractivity contribution is 6.30. The molecule has 3 aromatic rings. The molecule has 32 heavy (non-hydrogen) atoms. The second kappa shape index (κ2) is 9.40. The molecule has 3 aromatic carbocycles. The number of rotatable bonds is 5. The first-order valence-corrected chi connectivity index (χ1v) is 10.6. The number of anilines is 1. The van der Waals surface area contributed by atoms with Gasteiger partial charge in [-0.2, -0.15) is 0 Å². The first-order chi connectivity index (χ1) is 15.5. The number of urea groups is 1. The van der Waals surface area contributed by atoms with Crippen LogP contribution in [0.2, 0.25) is 5.02 Å². The van der Waals surface area contributed by atoms with E-state index in [-0.39, 0.29) is 12.1 Å². The molecule has 0 aromatic heterocycles. The minimum atomic E-state index is -0.223. The molecule has 7 heteroatoms. The molecular weight excluding hydrogens is 428 g/mol. The molecule has 0 fully saturated rings. The van der Waals surface area contributed by atoms with Crippen LogP contribution in [0.15, 0.2) is 60.7 Å². The number of hydrogen-bond donors (Lipinski definition) is 1. The number of halogens is 1. The summed E-state index contributed by atoms with van der Waals surface area (Å²) in [6.07, 6.45) is 0.781. The SMILES string of the molecule is COc1cc(NC(=O)N2CCc3ccccc3[C@@H]2c2ccc(Cl)cc2)cc(OC)c1OC. The molecular formula is C25H25ClN2O4. The Morgan fingerprint density at radius 2 is 1.62 bits per heavy atom. The summed E-state index contributed by atoms with van der Waals surface area (Å²) in [6.45, 7) is 0.584. The molecule has 4 rings (SSSR count). The highest BCUT2D eigenvalue weighted by Crippen LogP contribution is 2.41. The van der Waals surface area contributed by atoms with Crippen LogP contribution in [-0.4, -0.2) is 38.8 Å². The van der Waals surface area contributed by atoms with Gasteiger partial charge in [-0.15, -0.1) is 0 Å². The highest BCUT2D eigenvalue weighted by atomic mass is 35.5. The summed E-state index contributed by atoms with van der Waals surface area (Å²) in [5.74, 6) is 1.42. The second-order valence-corrected chi connectivity index (χ2v) is 7.88. The Labute approximate surface area is 192 Å². The van der Waals surface area contributed by atoms with Crippen molar-refractivity contribution in [3.05, 3.63) is 82.4 Å². The molecule has 1 aliphatic heterocycles. The molecule has 0 spiro atoms. The zero-order chi connectivity index (χ0) is 22.7. The van der Waals surface area contributed by atoms with Gasteiger partial charge in [0.1, 0.15) is 0 Å². The normalized spacial score (nSPS) is 15.0. The van der Waals surface area contributed by atoms with Gasteiger partial charge in [-0.05, 0) is 35.2 Å². The van der Waals surface area contributed by atoms with Gasteiger partial charge < -0.3 is 24.4 Å². The number of ether oxygens (including phenoxy) is 3. The number of amides is 2. The lowest BCUT2D eigenvalue weighted by atomic mass is 9.88. The fourth-order valence-electron chi connectivity index (χ4n) is 4.14. The maximum atomic E-state index is 13.5. The molecule has 2 amide bonds. The van der Waals surface area contributed by atoms with Crippen molar-refractivity contribution in [2.75, 3.05) is 33.2 Å². The molecule has 0 saturated carbocycles.